The maximum absolute atomic E-state index is 10.6. The number of carboxylic acids is 1. The summed E-state index contributed by atoms with van der Waals surface area (Å²) in [4.78, 5) is 14.7. The Bertz CT molecular complexity index is 608. The second kappa shape index (κ2) is 5.84. The fraction of sp³-hybridized carbons (Fsp3) is 0.250. The lowest BCUT2D eigenvalue weighted by Crippen LogP contribution is -2.42. The molecule has 0 saturated heterocycles. The number of aliphatic imine (C=N–C) groups is 1. The number of nitrogens with zero attached hydrogens (tertiary/aromatic N) is 4. The maximum atomic E-state index is 10.6. The van der Waals surface area contributed by atoms with E-state index in [-0.39, 0.29) is 0 Å². The van der Waals surface area contributed by atoms with Gasteiger partial charge in [-0.05, 0) is 10.1 Å². The molecule has 19 heavy (non-hydrogen) atoms. The molecule has 0 aliphatic carbocycles. The summed E-state index contributed by atoms with van der Waals surface area (Å²) in [7, 11) is 0. The summed E-state index contributed by atoms with van der Waals surface area (Å²) in [5, 5.41) is 12.8. The molecule has 3 N–H and O–H groups in total. The van der Waals surface area contributed by atoms with E-state index >= 15 is 0 Å². The number of amidine groups is 1. The second-order valence-corrected chi connectivity index (χ2v) is 3.92. The first-order chi connectivity index (χ1) is 9.16. The molecule has 0 unspecified atom stereocenters. The van der Waals surface area contributed by atoms with Crippen molar-refractivity contribution in [1.82, 2.24) is 9.77 Å². The van der Waals surface area contributed by atoms with Crippen LogP contribution in [-0.4, -0.2) is 40.1 Å². The summed E-state index contributed by atoms with van der Waals surface area (Å²) in [6, 6.07) is 0.934. The van der Waals surface area contributed by atoms with Crippen molar-refractivity contribution in [3.8, 4) is 0 Å². The molecule has 0 bridgehead atoms. The van der Waals surface area contributed by atoms with Gasteiger partial charge in [-0.15, -0.1) is 4.67 Å². The molecule has 0 aromatic carbocycles. The Labute approximate surface area is 109 Å². The van der Waals surface area contributed by atoms with Gasteiger partial charge < -0.3 is 10.8 Å². The third-order valence-corrected chi connectivity index (χ3v) is 2.53. The molecule has 0 amide bonds. The molecule has 2 rings (SSSR count). The fourth-order valence-electron chi connectivity index (χ4n) is 1.45. The van der Waals surface area contributed by atoms with Crippen LogP contribution < -0.4 is 15.1 Å². The van der Waals surface area contributed by atoms with Crippen molar-refractivity contribution in [3.05, 3.63) is 30.1 Å². The molecule has 2 heterocycles. The van der Waals surface area contributed by atoms with E-state index in [0.717, 1.165) is 5.56 Å². The van der Waals surface area contributed by atoms with Crippen LogP contribution in [0.3, 0.4) is 0 Å². The molecule has 1 aliphatic heterocycles. The van der Waals surface area contributed by atoms with Gasteiger partial charge in [-0.1, -0.05) is 4.68 Å². The number of allylic oxidation sites excluding steroid dienone is 1. The van der Waals surface area contributed by atoms with Crippen molar-refractivity contribution in [2.45, 2.75) is 19.0 Å². The summed E-state index contributed by atoms with van der Waals surface area (Å²) >= 11 is 0. The normalized spacial score (nSPS) is 14.3. The molecule has 7 nitrogen and oxygen atoms in total. The summed E-state index contributed by atoms with van der Waals surface area (Å²) in [5.74, 6) is 2.23. The van der Waals surface area contributed by atoms with Gasteiger partial charge in [-0.2, -0.15) is 0 Å². The zero-order chi connectivity index (χ0) is 13.7. The van der Waals surface area contributed by atoms with Gasteiger partial charge in [-0.25, -0.2) is 0 Å². The minimum absolute atomic E-state index is 0.321. The van der Waals surface area contributed by atoms with E-state index in [0.29, 0.717) is 18.8 Å². The van der Waals surface area contributed by atoms with E-state index in [9.17, 15) is 4.79 Å². The van der Waals surface area contributed by atoms with Gasteiger partial charge in [-0.3, -0.25) is 4.79 Å². The number of nitrogens with two attached hydrogens (primary N) is 1. The van der Waals surface area contributed by atoms with Gasteiger partial charge >= 0.3 is 11.8 Å². The van der Waals surface area contributed by atoms with Crippen LogP contribution in [-0.2, 0) is 11.3 Å². The first kappa shape index (κ1) is 12.9. The molecule has 1 aromatic heterocycles. The van der Waals surface area contributed by atoms with Crippen molar-refractivity contribution >= 4 is 23.9 Å². The van der Waals surface area contributed by atoms with Crippen LogP contribution in [0.2, 0.25) is 0 Å². The number of aryl methyl sites for hydroxylation is 1. The summed E-state index contributed by atoms with van der Waals surface area (Å²) in [6.45, 7) is 0.440. The van der Waals surface area contributed by atoms with Crippen molar-refractivity contribution in [3.63, 3.8) is 0 Å². The Morgan fingerprint density at radius 2 is 2.47 bits per heavy atom. The van der Waals surface area contributed by atoms with Crippen LogP contribution in [0.1, 0.15) is 12.0 Å². The van der Waals surface area contributed by atoms with Gasteiger partial charge in [0.05, 0.1) is 6.08 Å². The summed E-state index contributed by atoms with van der Waals surface area (Å²) in [5.41, 5.74) is 6.19. The van der Waals surface area contributed by atoms with Crippen LogP contribution >= 0.6 is 0 Å². The third-order valence-electron chi connectivity index (χ3n) is 2.53. The average Bonchev–Trinajstić information content (AvgIpc) is 2.46. The molecule has 0 radical (unpaired) electrons. The maximum Gasteiger partial charge on any atom is 0.435 e. The number of aromatic nitrogens is 2. The van der Waals surface area contributed by atoms with Gasteiger partial charge in [0.15, 0.2) is 24.8 Å². The molecule has 0 fully saturated rings. The number of rotatable bonds is 5. The van der Waals surface area contributed by atoms with E-state index in [1.807, 2.05) is 6.07 Å². The fourth-order valence-corrected chi connectivity index (χ4v) is 1.45. The lowest BCUT2D eigenvalue weighted by Gasteiger charge is -2.01. The van der Waals surface area contributed by atoms with Crippen molar-refractivity contribution in [2.75, 3.05) is 0 Å². The number of hydrogen-bond donors (Lipinski definition) is 2. The first-order valence-electron chi connectivity index (χ1n) is 5.70. The van der Waals surface area contributed by atoms with Crippen LogP contribution in [0.15, 0.2) is 29.5 Å². The van der Waals surface area contributed by atoms with Crippen molar-refractivity contribution < 1.29 is 14.6 Å². The molecular weight excluding hydrogens is 246 g/mol. The molecule has 1 atom stereocenters. The lowest BCUT2D eigenvalue weighted by atomic mass is 10.2. The smallest absolute Gasteiger partial charge is 0.435 e. The number of carboxylic acid groups (broad SMARTS) is 1. The predicted molar refractivity (Wildman–Crippen MR) is 69.0 cm³/mol. The highest BCUT2D eigenvalue weighted by atomic mass is 16.4. The highest BCUT2D eigenvalue weighted by Gasteiger charge is 2.18. The SMILES string of the molecule is N[C@@H](CC[n+]1ccc(C2=[N+]=C=CC=N2)cn1)C(=O)O. The Morgan fingerprint density at radius 1 is 1.63 bits per heavy atom. The monoisotopic (exact) mass is 259 g/mol. The van der Waals surface area contributed by atoms with E-state index in [1.54, 1.807) is 29.4 Å². The number of carbonyl (C=O) groups is 1. The molecule has 1 aromatic rings. The van der Waals surface area contributed by atoms with Crippen LogP contribution in [0, 0.1) is 0 Å². The van der Waals surface area contributed by atoms with Crippen molar-refractivity contribution in [2.24, 2.45) is 10.7 Å². The molecular formula is C12H13N5O2+2. The van der Waals surface area contributed by atoms with E-state index < -0.39 is 12.0 Å². The third kappa shape index (κ3) is 3.43. The second-order valence-electron chi connectivity index (χ2n) is 3.92. The van der Waals surface area contributed by atoms with Gasteiger partial charge in [0, 0.05) is 12.5 Å². The Balaban J connectivity index is 2.03. The first-order valence-corrected chi connectivity index (χ1v) is 5.70. The van der Waals surface area contributed by atoms with E-state index in [1.165, 1.54) is 0 Å². The highest BCUT2D eigenvalue weighted by Crippen LogP contribution is 1.96. The Hall–Kier alpha value is -2.59. The average molecular weight is 259 g/mol. The Morgan fingerprint density at radius 3 is 3.05 bits per heavy atom. The molecule has 7 heteroatoms. The van der Waals surface area contributed by atoms with Crippen LogP contribution in [0.25, 0.3) is 0 Å². The minimum Gasteiger partial charge on any atom is -0.480 e. The van der Waals surface area contributed by atoms with Gasteiger partial charge in [0.1, 0.15) is 17.8 Å². The van der Waals surface area contributed by atoms with Gasteiger partial charge in [0.2, 0.25) is 0 Å². The molecule has 96 valence electrons. The standard InChI is InChI=1S/C12H12N5O2/c13-10(12(18)19)3-7-17-6-2-9(8-16-17)11-14-4-1-5-15-11/h1-2,4,6,8,10H,3,7,13H2/q+1/p+1/t10-/m0/s1. The molecule has 1 aliphatic rings. The lowest BCUT2D eigenvalue weighted by molar-refractivity contribution is -0.754. The zero-order valence-corrected chi connectivity index (χ0v) is 10.1. The summed E-state index contributed by atoms with van der Waals surface area (Å²) in [6.07, 6.45) is 6.90. The molecule has 0 spiro atoms. The zero-order valence-electron chi connectivity index (χ0n) is 10.1. The van der Waals surface area contributed by atoms with Gasteiger partial charge in [0.25, 0.3) is 0 Å². The Kier molecular flexibility index (Phi) is 3.95. The topological polar surface area (TPSA) is 107 Å². The number of hydrogen-bond acceptors (Lipinski definition) is 4. The molecule has 0 saturated carbocycles. The quantitative estimate of drug-likeness (QED) is 0.485. The largest absolute Gasteiger partial charge is 0.480 e. The predicted octanol–water partition coefficient (Wildman–Crippen LogP) is -1.70. The van der Waals surface area contributed by atoms with E-state index in [2.05, 4.69) is 20.6 Å². The van der Waals surface area contributed by atoms with Crippen LogP contribution in [0.4, 0.5) is 0 Å². The van der Waals surface area contributed by atoms with Crippen LogP contribution in [0.5, 0.6) is 0 Å². The van der Waals surface area contributed by atoms with E-state index in [4.69, 9.17) is 10.8 Å². The summed E-state index contributed by atoms with van der Waals surface area (Å²) < 4.78 is 5.62. The minimum atomic E-state index is -1.01. The van der Waals surface area contributed by atoms with Crippen molar-refractivity contribution in [1.29, 1.82) is 0 Å². The number of aliphatic carboxylic acids is 1. The highest BCUT2D eigenvalue weighted by molar-refractivity contribution is 6.07.